The fourth-order valence-electron chi connectivity index (χ4n) is 2.45. The number of hydrogen-bond donors (Lipinski definition) is 2. The molecule has 1 aromatic heterocycles. The predicted molar refractivity (Wildman–Crippen MR) is 95.3 cm³/mol. The van der Waals surface area contributed by atoms with Crippen LogP contribution in [0.25, 0.3) is 10.8 Å². The molecular weight excluding hydrogens is 328 g/mol. The van der Waals surface area contributed by atoms with Crippen molar-refractivity contribution >= 4 is 34.0 Å². The van der Waals surface area contributed by atoms with E-state index < -0.39 is 5.91 Å². The molecule has 0 fully saturated rings. The number of aromatic nitrogens is 1. The molecule has 0 aliphatic heterocycles. The number of amides is 1. The van der Waals surface area contributed by atoms with Crippen molar-refractivity contribution in [2.45, 2.75) is 6.92 Å². The number of methoxy groups -OCH3 is 1. The molecule has 0 bridgehead atoms. The smallest absolute Gasteiger partial charge is 0.272 e. The van der Waals surface area contributed by atoms with Crippen LogP contribution in [0.5, 0.6) is 5.75 Å². The lowest BCUT2D eigenvalue weighted by atomic mass is 10.1. The van der Waals surface area contributed by atoms with Gasteiger partial charge in [0.1, 0.15) is 11.4 Å². The summed E-state index contributed by atoms with van der Waals surface area (Å²) in [6, 6.07) is 12.1. The van der Waals surface area contributed by atoms with Gasteiger partial charge in [0.15, 0.2) is 0 Å². The van der Waals surface area contributed by atoms with Gasteiger partial charge in [0.05, 0.1) is 12.8 Å². The van der Waals surface area contributed by atoms with E-state index >= 15 is 0 Å². The van der Waals surface area contributed by atoms with E-state index in [1.165, 1.54) is 7.11 Å². The average molecular weight is 343 g/mol. The van der Waals surface area contributed by atoms with Gasteiger partial charge in [-0.05, 0) is 36.1 Å². The highest BCUT2D eigenvalue weighted by Gasteiger charge is 2.14. The molecule has 2 N–H and O–H groups in total. The summed E-state index contributed by atoms with van der Waals surface area (Å²) in [5, 5.41) is 4.53. The number of rotatable bonds is 3. The van der Waals surface area contributed by atoms with Crippen LogP contribution in [0.2, 0.25) is 5.02 Å². The van der Waals surface area contributed by atoms with Crippen molar-refractivity contribution < 1.29 is 9.53 Å². The summed E-state index contributed by atoms with van der Waals surface area (Å²) in [6.45, 7) is 1.83. The van der Waals surface area contributed by atoms with Gasteiger partial charge in [0.25, 0.3) is 11.5 Å². The Bertz CT molecular complexity index is 995. The Morgan fingerprint density at radius 1 is 1.21 bits per heavy atom. The van der Waals surface area contributed by atoms with Gasteiger partial charge in [0.2, 0.25) is 0 Å². The maximum atomic E-state index is 12.5. The molecule has 24 heavy (non-hydrogen) atoms. The number of carbonyl (C=O) groups is 1. The summed E-state index contributed by atoms with van der Waals surface area (Å²) < 4.78 is 5.24. The molecule has 0 aliphatic carbocycles. The third kappa shape index (κ3) is 2.98. The SMILES string of the molecule is COc1cc(Cl)c(C)cc1NC(=O)c1cc2ccccc2c(=O)[nH]1. The van der Waals surface area contributed by atoms with Crippen LogP contribution in [-0.4, -0.2) is 18.0 Å². The lowest BCUT2D eigenvalue weighted by Crippen LogP contribution is -2.19. The molecule has 122 valence electrons. The number of anilines is 1. The van der Waals surface area contributed by atoms with Crippen LogP contribution in [0.15, 0.2) is 47.3 Å². The minimum Gasteiger partial charge on any atom is -0.495 e. The second kappa shape index (κ2) is 6.37. The first-order valence-corrected chi connectivity index (χ1v) is 7.65. The van der Waals surface area contributed by atoms with Gasteiger partial charge in [-0.1, -0.05) is 29.8 Å². The molecule has 1 amide bonds. The minimum absolute atomic E-state index is 0.174. The molecule has 3 rings (SSSR count). The topological polar surface area (TPSA) is 71.2 Å². The Kier molecular flexibility index (Phi) is 4.27. The second-order valence-corrected chi connectivity index (χ2v) is 5.76. The largest absolute Gasteiger partial charge is 0.495 e. The van der Waals surface area contributed by atoms with Crippen molar-refractivity contribution in [2.75, 3.05) is 12.4 Å². The van der Waals surface area contributed by atoms with Crippen LogP contribution in [0, 0.1) is 6.92 Å². The Balaban J connectivity index is 1.99. The summed E-state index contributed by atoms with van der Waals surface area (Å²) in [5.41, 5.74) is 1.16. The Hall–Kier alpha value is -2.79. The normalized spacial score (nSPS) is 10.6. The zero-order valence-corrected chi connectivity index (χ0v) is 13.9. The van der Waals surface area contributed by atoms with E-state index in [2.05, 4.69) is 10.3 Å². The van der Waals surface area contributed by atoms with Crippen LogP contribution in [0.1, 0.15) is 16.1 Å². The number of hydrogen-bond acceptors (Lipinski definition) is 3. The van der Waals surface area contributed by atoms with Crippen molar-refractivity contribution in [3.8, 4) is 5.75 Å². The summed E-state index contributed by atoms with van der Waals surface area (Å²) in [7, 11) is 1.49. The monoisotopic (exact) mass is 342 g/mol. The molecule has 1 heterocycles. The van der Waals surface area contributed by atoms with Crippen molar-refractivity contribution in [1.29, 1.82) is 0 Å². The minimum atomic E-state index is -0.433. The molecule has 0 saturated heterocycles. The van der Waals surface area contributed by atoms with E-state index in [4.69, 9.17) is 16.3 Å². The van der Waals surface area contributed by atoms with Crippen LogP contribution >= 0.6 is 11.6 Å². The summed E-state index contributed by atoms with van der Waals surface area (Å²) in [6.07, 6.45) is 0. The van der Waals surface area contributed by atoms with Crippen LogP contribution in [0.4, 0.5) is 5.69 Å². The van der Waals surface area contributed by atoms with Crippen LogP contribution in [0.3, 0.4) is 0 Å². The number of benzene rings is 2. The van der Waals surface area contributed by atoms with Gasteiger partial charge in [0, 0.05) is 16.5 Å². The first kappa shape index (κ1) is 16.1. The first-order chi connectivity index (χ1) is 11.5. The number of aryl methyl sites for hydroxylation is 1. The van der Waals surface area contributed by atoms with Gasteiger partial charge in [-0.2, -0.15) is 0 Å². The molecule has 0 unspecified atom stereocenters. The van der Waals surface area contributed by atoms with Gasteiger partial charge >= 0.3 is 0 Å². The predicted octanol–water partition coefficient (Wildman–Crippen LogP) is 3.75. The van der Waals surface area contributed by atoms with Crippen molar-refractivity contribution in [1.82, 2.24) is 4.98 Å². The van der Waals surface area contributed by atoms with Gasteiger partial charge in [-0.3, -0.25) is 9.59 Å². The number of carbonyl (C=O) groups excluding carboxylic acids is 1. The van der Waals surface area contributed by atoms with Gasteiger partial charge < -0.3 is 15.0 Å². The molecule has 0 spiro atoms. The molecule has 0 aliphatic rings. The molecule has 6 heteroatoms. The van der Waals surface area contributed by atoms with E-state index in [1.807, 2.05) is 13.0 Å². The number of ether oxygens (including phenoxy) is 1. The van der Waals surface area contributed by atoms with E-state index in [0.29, 0.717) is 27.2 Å². The van der Waals surface area contributed by atoms with Crippen molar-refractivity contribution in [3.63, 3.8) is 0 Å². The Morgan fingerprint density at radius 3 is 2.71 bits per heavy atom. The molecular formula is C18H15ClN2O3. The Morgan fingerprint density at radius 2 is 1.96 bits per heavy atom. The van der Waals surface area contributed by atoms with Crippen molar-refractivity contribution in [3.05, 3.63) is 69.1 Å². The van der Waals surface area contributed by atoms with E-state index in [-0.39, 0.29) is 11.3 Å². The maximum absolute atomic E-state index is 12.5. The lowest BCUT2D eigenvalue weighted by molar-refractivity contribution is 0.102. The third-order valence-electron chi connectivity index (χ3n) is 3.73. The first-order valence-electron chi connectivity index (χ1n) is 7.27. The van der Waals surface area contributed by atoms with Gasteiger partial charge in [-0.15, -0.1) is 0 Å². The average Bonchev–Trinajstić information content (AvgIpc) is 2.57. The zero-order chi connectivity index (χ0) is 17.3. The number of pyridine rings is 1. The standard InChI is InChI=1S/C18H15ClN2O3/c1-10-7-14(16(24-2)9-13(10)19)20-18(23)15-8-11-5-3-4-6-12(11)17(22)21-15/h3-9H,1-2H3,(H,20,23)(H,21,22). The highest BCUT2D eigenvalue weighted by atomic mass is 35.5. The van der Waals surface area contributed by atoms with E-state index in [1.54, 1.807) is 36.4 Å². The number of nitrogens with one attached hydrogen (secondary N) is 2. The van der Waals surface area contributed by atoms with Crippen LogP contribution < -0.4 is 15.6 Å². The van der Waals surface area contributed by atoms with Crippen molar-refractivity contribution in [2.24, 2.45) is 0 Å². The summed E-state index contributed by atoms with van der Waals surface area (Å²) in [4.78, 5) is 27.2. The second-order valence-electron chi connectivity index (χ2n) is 5.36. The number of halogens is 1. The Labute approximate surface area is 143 Å². The molecule has 0 radical (unpaired) electrons. The molecule has 0 saturated carbocycles. The molecule has 5 nitrogen and oxygen atoms in total. The quantitative estimate of drug-likeness (QED) is 0.761. The molecule has 0 atom stereocenters. The maximum Gasteiger partial charge on any atom is 0.272 e. The highest BCUT2D eigenvalue weighted by Crippen LogP contribution is 2.31. The zero-order valence-electron chi connectivity index (χ0n) is 13.1. The number of aromatic amines is 1. The van der Waals surface area contributed by atoms with E-state index in [0.717, 1.165) is 5.56 Å². The highest BCUT2D eigenvalue weighted by molar-refractivity contribution is 6.31. The number of fused-ring (bicyclic) bond motifs is 1. The van der Waals surface area contributed by atoms with Crippen LogP contribution in [-0.2, 0) is 0 Å². The fourth-order valence-corrected chi connectivity index (χ4v) is 2.61. The lowest BCUT2D eigenvalue weighted by Gasteiger charge is -2.12. The van der Waals surface area contributed by atoms with Gasteiger partial charge in [-0.25, -0.2) is 0 Å². The molecule has 2 aromatic carbocycles. The molecule has 3 aromatic rings. The number of H-pyrrole nitrogens is 1. The summed E-state index contributed by atoms with van der Waals surface area (Å²) >= 11 is 6.06. The third-order valence-corrected chi connectivity index (χ3v) is 4.13. The fraction of sp³-hybridized carbons (Fsp3) is 0.111. The summed E-state index contributed by atoms with van der Waals surface area (Å²) in [5.74, 6) is 0.0139. The van der Waals surface area contributed by atoms with E-state index in [9.17, 15) is 9.59 Å².